The van der Waals surface area contributed by atoms with E-state index in [2.05, 4.69) is 29.6 Å². The molecule has 2 aliphatic rings. The van der Waals surface area contributed by atoms with Crippen LogP contribution in [0.4, 0.5) is 0 Å². The van der Waals surface area contributed by atoms with Crippen LogP contribution in [0.2, 0.25) is 0 Å². The molecule has 74 valence electrons. The van der Waals surface area contributed by atoms with Gasteiger partial charge in [0, 0.05) is 6.04 Å². The minimum Gasteiger partial charge on any atom is -0.313 e. The van der Waals surface area contributed by atoms with Gasteiger partial charge in [0.15, 0.2) is 0 Å². The molecule has 1 aromatic rings. The Hall–Kier alpha value is -0.820. The van der Waals surface area contributed by atoms with Crippen molar-refractivity contribution in [1.82, 2.24) is 5.32 Å². The molecule has 1 aliphatic carbocycles. The lowest BCUT2D eigenvalue weighted by atomic mass is 9.75. The van der Waals surface area contributed by atoms with Gasteiger partial charge in [-0.2, -0.15) is 0 Å². The number of hydrogen-bond acceptors (Lipinski definition) is 1. The fourth-order valence-electron chi connectivity index (χ4n) is 3.06. The van der Waals surface area contributed by atoms with Crippen molar-refractivity contribution < 1.29 is 0 Å². The van der Waals surface area contributed by atoms with E-state index in [1.807, 2.05) is 0 Å². The number of hydrogen-bond donors (Lipinski definition) is 1. The number of piperidine rings is 1. The van der Waals surface area contributed by atoms with Gasteiger partial charge in [-0.15, -0.1) is 0 Å². The molecule has 1 heteroatoms. The molecule has 1 nitrogen and oxygen atoms in total. The first kappa shape index (κ1) is 8.49. The Balaban J connectivity index is 1.99. The molecule has 3 rings (SSSR count). The van der Waals surface area contributed by atoms with Gasteiger partial charge < -0.3 is 5.32 Å². The maximum atomic E-state index is 3.66. The molecule has 0 bridgehead atoms. The van der Waals surface area contributed by atoms with Crippen molar-refractivity contribution >= 4 is 0 Å². The Morgan fingerprint density at radius 1 is 1.14 bits per heavy atom. The van der Waals surface area contributed by atoms with Gasteiger partial charge in [0.1, 0.15) is 0 Å². The molecule has 0 amide bonds. The number of fused-ring (bicyclic) bond motifs is 3. The van der Waals surface area contributed by atoms with E-state index in [0.717, 1.165) is 12.0 Å². The van der Waals surface area contributed by atoms with Gasteiger partial charge in [-0.1, -0.05) is 24.3 Å². The summed E-state index contributed by atoms with van der Waals surface area (Å²) in [4.78, 5) is 0. The zero-order valence-electron chi connectivity index (χ0n) is 8.50. The summed E-state index contributed by atoms with van der Waals surface area (Å²) in [6, 6.07) is 9.77. The van der Waals surface area contributed by atoms with Crippen molar-refractivity contribution in [2.45, 2.75) is 37.6 Å². The van der Waals surface area contributed by atoms with Gasteiger partial charge in [-0.05, 0) is 49.3 Å². The summed E-state index contributed by atoms with van der Waals surface area (Å²) in [7, 11) is 0. The van der Waals surface area contributed by atoms with Gasteiger partial charge in [0.05, 0.1) is 0 Å². The topological polar surface area (TPSA) is 12.0 Å². The van der Waals surface area contributed by atoms with Gasteiger partial charge in [0.25, 0.3) is 0 Å². The fourth-order valence-corrected chi connectivity index (χ4v) is 3.06. The number of aryl methyl sites for hydroxylation is 1. The number of rotatable bonds is 0. The van der Waals surface area contributed by atoms with Crippen molar-refractivity contribution in [3.8, 4) is 0 Å². The van der Waals surface area contributed by atoms with Crippen LogP contribution >= 0.6 is 0 Å². The van der Waals surface area contributed by atoms with E-state index in [0.29, 0.717) is 0 Å². The summed E-state index contributed by atoms with van der Waals surface area (Å²) in [6.45, 7) is 1.23. The Kier molecular flexibility index (Phi) is 2.06. The van der Waals surface area contributed by atoms with Crippen LogP contribution in [0.5, 0.6) is 0 Å². The number of benzene rings is 1. The highest BCUT2D eigenvalue weighted by Gasteiger charge is 2.30. The smallest absolute Gasteiger partial charge is 0.0139 e. The van der Waals surface area contributed by atoms with Crippen molar-refractivity contribution in [3.63, 3.8) is 0 Å². The summed E-state index contributed by atoms with van der Waals surface area (Å²) in [5.41, 5.74) is 3.22. The minimum atomic E-state index is 0.763. The maximum absolute atomic E-state index is 3.66. The highest BCUT2D eigenvalue weighted by Crippen LogP contribution is 2.36. The summed E-state index contributed by atoms with van der Waals surface area (Å²) in [5.74, 6) is 0.800. The molecule has 1 heterocycles. The third-order valence-corrected chi connectivity index (χ3v) is 3.76. The van der Waals surface area contributed by atoms with Crippen LogP contribution in [-0.4, -0.2) is 12.6 Å². The molecule has 0 saturated carbocycles. The van der Waals surface area contributed by atoms with E-state index in [4.69, 9.17) is 0 Å². The highest BCUT2D eigenvalue weighted by atomic mass is 14.9. The van der Waals surface area contributed by atoms with Crippen molar-refractivity contribution in [2.24, 2.45) is 0 Å². The molecule has 1 aromatic carbocycles. The highest BCUT2D eigenvalue weighted by molar-refractivity contribution is 5.34. The molecule has 1 N–H and O–H groups in total. The molecule has 1 fully saturated rings. The third-order valence-electron chi connectivity index (χ3n) is 3.76. The third kappa shape index (κ3) is 1.27. The van der Waals surface area contributed by atoms with Crippen LogP contribution < -0.4 is 5.32 Å². The second-order valence-corrected chi connectivity index (χ2v) is 4.55. The van der Waals surface area contributed by atoms with Crippen LogP contribution in [0.1, 0.15) is 36.3 Å². The average Bonchev–Trinajstić information content (AvgIpc) is 2.29. The standard InChI is InChI=1S/C13H17N/c1-2-5-11-10(4-1)7-8-13-12(11)6-3-9-14-13/h1-2,4-5,12-14H,3,6-9H2/t12-,13?/m1/s1. The minimum absolute atomic E-state index is 0.763. The van der Waals surface area contributed by atoms with Crippen LogP contribution in [0.15, 0.2) is 24.3 Å². The molecule has 0 aromatic heterocycles. The molecular weight excluding hydrogens is 170 g/mol. The summed E-state index contributed by atoms with van der Waals surface area (Å²) < 4.78 is 0. The summed E-state index contributed by atoms with van der Waals surface area (Å²) in [5, 5.41) is 3.66. The van der Waals surface area contributed by atoms with Crippen LogP contribution in [-0.2, 0) is 6.42 Å². The average molecular weight is 187 g/mol. The van der Waals surface area contributed by atoms with E-state index in [9.17, 15) is 0 Å². The lowest BCUT2D eigenvalue weighted by molar-refractivity contribution is 0.319. The molecule has 0 radical (unpaired) electrons. The van der Waals surface area contributed by atoms with Gasteiger partial charge in [-0.25, -0.2) is 0 Å². The van der Waals surface area contributed by atoms with Crippen molar-refractivity contribution in [2.75, 3.05) is 6.54 Å². The Morgan fingerprint density at radius 2 is 2.07 bits per heavy atom. The first-order valence-electron chi connectivity index (χ1n) is 5.76. The fraction of sp³-hybridized carbons (Fsp3) is 0.538. The first-order valence-corrected chi connectivity index (χ1v) is 5.76. The predicted octanol–water partition coefficient (Wildman–Crippen LogP) is 2.47. The van der Waals surface area contributed by atoms with E-state index in [1.54, 1.807) is 11.1 Å². The Morgan fingerprint density at radius 3 is 3.07 bits per heavy atom. The molecular formula is C13H17N. The zero-order chi connectivity index (χ0) is 9.38. The second-order valence-electron chi connectivity index (χ2n) is 4.55. The normalized spacial score (nSPS) is 30.6. The molecule has 2 atom stereocenters. The van der Waals surface area contributed by atoms with E-state index in [1.165, 1.54) is 32.2 Å². The monoisotopic (exact) mass is 187 g/mol. The lowest BCUT2D eigenvalue weighted by Gasteiger charge is -2.37. The molecule has 1 aliphatic heterocycles. The maximum Gasteiger partial charge on any atom is 0.0139 e. The zero-order valence-corrected chi connectivity index (χ0v) is 8.50. The molecule has 1 unspecified atom stereocenters. The molecule has 14 heavy (non-hydrogen) atoms. The van der Waals surface area contributed by atoms with E-state index >= 15 is 0 Å². The summed E-state index contributed by atoms with van der Waals surface area (Å²) in [6.07, 6.45) is 5.33. The van der Waals surface area contributed by atoms with Gasteiger partial charge >= 0.3 is 0 Å². The number of nitrogens with one attached hydrogen (secondary N) is 1. The van der Waals surface area contributed by atoms with Crippen molar-refractivity contribution in [3.05, 3.63) is 35.4 Å². The predicted molar refractivity (Wildman–Crippen MR) is 58.5 cm³/mol. The Labute approximate surface area is 85.5 Å². The second kappa shape index (κ2) is 3.39. The lowest BCUT2D eigenvalue weighted by Crippen LogP contribution is -2.42. The molecule has 0 spiro atoms. The van der Waals surface area contributed by atoms with Crippen LogP contribution in [0, 0.1) is 0 Å². The quantitative estimate of drug-likeness (QED) is 0.658. The summed E-state index contributed by atoms with van der Waals surface area (Å²) >= 11 is 0. The van der Waals surface area contributed by atoms with Gasteiger partial charge in [0.2, 0.25) is 0 Å². The van der Waals surface area contributed by atoms with Crippen LogP contribution in [0.25, 0.3) is 0 Å². The Bertz CT molecular complexity index is 332. The van der Waals surface area contributed by atoms with Crippen molar-refractivity contribution in [1.29, 1.82) is 0 Å². The van der Waals surface area contributed by atoms with E-state index < -0.39 is 0 Å². The molecule has 1 saturated heterocycles. The van der Waals surface area contributed by atoms with E-state index in [-0.39, 0.29) is 0 Å². The first-order chi connectivity index (χ1) is 6.95. The van der Waals surface area contributed by atoms with Gasteiger partial charge in [-0.3, -0.25) is 0 Å². The SMILES string of the molecule is c1ccc2c(c1)CCC1NCCC[C@H]21. The largest absolute Gasteiger partial charge is 0.313 e. The van der Waals surface area contributed by atoms with Crippen LogP contribution in [0.3, 0.4) is 0 Å².